The first-order chi connectivity index (χ1) is 15.1. The third-order valence-electron chi connectivity index (χ3n) is 5.12. The Morgan fingerprint density at radius 3 is 2.19 bits per heavy atom. The van der Waals surface area contributed by atoms with Crippen LogP contribution < -0.4 is 5.32 Å². The summed E-state index contributed by atoms with van der Waals surface area (Å²) in [5, 5.41) is 3.33. The molecular formula is C22H27Cl2N3O4S. The molecule has 0 aliphatic heterocycles. The molecular weight excluding hydrogens is 473 g/mol. The molecule has 0 fully saturated rings. The van der Waals surface area contributed by atoms with E-state index in [-0.39, 0.29) is 42.6 Å². The van der Waals surface area contributed by atoms with Crippen LogP contribution in [0.4, 0.5) is 0 Å². The molecule has 174 valence electrons. The molecule has 2 amide bonds. The van der Waals surface area contributed by atoms with Crippen LogP contribution in [0.25, 0.3) is 0 Å². The highest BCUT2D eigenvalue weighted by atomic mass is 35.5. The van der Waals surface area contributed by atoms with E-state index in [1.165, 1.54) is 35.4 Å². The van der Waals surface area contributed by atoms with E-state index in [9.17, 15) is 18.0 Å². The largest absolute Gasteiger partial charge is 0.357 e. The van der Waals surface area contributed by atoms with E-state index in [1.54, 1.807) is 43.3 Å². The fourth-order valence-electron chi connectivity index (χ4n) is 3.13. The maximum absolute atomic E-state index is 13.0. The molecule has 0 spiro atoms. The van der Waals surface area contributed by atoms with E-state index in [2.05, 4.69) is 5.32 Å². The van der Waals surface area contributed by atoms with Gasteiger partial charge in [0, 0.05) is 49.2 Å². The fourth-order valence-corrected chi connectivity index (χ4v) is 4.88. The monoisotopic (exact) mass is 499 g/mol. The summed E-state index contributed by atoms with van der Waals surface area (Å²) in [6, 6.07) is 12.4. The van der Waals surface area contributed by atoms with Crippen molar-refractivity contribution in [3.8, 4) is 0 Å². The van der Waals surface area contributed by atoms with Gasteiger partial charge in [-0.05, 0) is 37.6 Å². The predicted molar refractivity (Wildman–Crippen MR) is 126 cm³/mol. The summed E-state index contributed by atoms with van der Waals surface area (Å²) in [5.41, 5.74) is 0.545. The average molecular weight is 500 g/mol. The number of benzene rings is 2. The van der Waals surface area contributed by atoms with E-state index in [1.807, 2.05) is 0 Å². The molecule has 1 N–H and O–H groups in total. The van der Waals surface area contributed by atoms with Crippen LogP contribution in [-0.2, 0) is 26.2 Å². The van der Waals surface area contributed by atoms with Crippen molar-refractivity contribution in [1.29, 1.82) is 0 Å². The maximum Gasteiger partial charge on any atom is 0.242 e. The Morgan fingerprint density at radius 1 is 1.03 bits per heavy atom. The van der Waals surface area contributed by atoms with E-state index >= 15 is 0 Å². The Kier molecular flexibility index (Phi) is 9.51. The molecule has 10 heteroatoms. The minimum atomic E-state index is -3.64. The molecule has 1 unspecified atom stereocenters. The second kappa shape index (κ2) is 11.7. The normalized spacial score (nSPS) is 12.4. The van der Waals surface area contributed by atoms with Gasteiger partial charge < -0.3 is 10.2 Å². The van der Waals surface area contributed by atoms with Crippen LogP contribution in [-0.4, -0.2) is 56.1 Å². The highest BCUT2D eigenvalue weighted by Crippen LogP contribution is 2.27. The molecule has 0 aliphatic carbocycles. The van der Waals surface area contributed by atoms with Crippen molar-refractivity contribution in [2.45, 2.75) is 37.2 Å². The van der Waals surface area contributed by atoms with Crippen molar-refractivity contribution in [3.05, 3.63) is 64.1 Å². The number of rotatable bonds is 10. The number of sulfonamides is 1. The number of nitrogens with one attached hydrogen (secondary N) is 1. The van der Waals surface area contributed by atoms with Crippen molar-refractivity contribution >= 4 is 45.0 Å². The van der Waals surface area contributed by atoms with E-state index in [4.69, 9.17) is 23.2 Å². The van der Waals surface area contributed by atoms with Gasteiger partial charge in [0.05, 0.1) is 4.90 Å². The zero-order valence-electron chi connectivity index (χ0n) is 18.2. The molecule has 0 aromatic heterocycles. The summed E-state index contributed by atoms with van der Waals surface area (Å²) in [5.74, 6) is -0.632. The zero-order valence-corrected chi connectivity index (χ0v) is 20.5. The number of halogens is 2. The van der Waals surface area contributed by atoms with Gasteiger partial charge in [-0.1, -0.05) is 47.5 Å². The summed E-state index contributed by atoms with van der Waals surface area (Å²) in [6.07, 6.45) is 0.340. The Balaban J connectivity index is 2.10. The van der Waals surface area contributed by atoms with Gasteiger partial charge in [0.15, 0.2) is 0 Å². The van der Waals surface area contributed by atoms with Crippen molar-refractivity contribution < 1.29 is 18.0 Å². The van der Waals surface area contributed by atoms with Gasteiger partial charge in [0.1, 0.15) is 6.04 Å². The Hall–Kier alpha value is -2.13. The van der Waals surface area contributed by atoms with Crippen molar-refractivity contribution in [1.82, 2.24) is 14.5 Å². The smallest absolute Gasteiger partial charge is 0.242 e. The molecule has 0 saturated heterocycles. The van der Waals surface area contributed by atoms with Crippen molar-refractivity contribution in [2.75, 3.05) is 20.6 Å². The molecule has 1 atom stereocenters. The van der Waals surface area contributed by atoms with Gasteiger partial charge in [0.25, 0.3) is 0 Å². The summed E-state index contributed by atoms with van der Waals surface area (Å²) in [4.78, 5) is 26.8. The topological polar surface area (TPSA) is 86.8 Å². The summed E-state index contributed by atoms with van der Waals surface area (Å²) >= 11 is 12.5. The molecule has 7 nitrogen and oxygen atoms in total. The van der Waals surface area contributed by atoms with Gasteiger partial charge >= 0.3 is 0 Å². The van der Waals surface area contributed by atoms with Crippen molar-refractivity contribution in [3.63, 3.8) is 0 Å². The first-order valence-electron chi connectivity index (χ1n) is 10.0. The SMILES string of the molecule is CNC(=O)C(C)N(Cc1c(Cl)cccc1Cl)C(=O)CCCN(C)S(=O)(=O)c1ccccc1. The predicted octanol–water partition coefficient (Wildman–Crippen LogP) is 3.56. The minimum Gasteiger partial charge on any atom is -0.357 e. The Labute approximate surface area is 199 Å². The van der Waals surface area contributed by atoms with Gasteiger partial charge in [0.2, 0.25) is 21.8 Å². The Bertz CT molecular complexity index is 1030. The summed E-state index contributed by atoms with van der Waals surface area (Å²) in [6.45, 7) is 1.83. The van der Waals surface area contributed by atoms with Gasteiger partial charge in [-0.3, -0.25) is 9.59 Å². The molecule has 0 aliphatic rings. The van der Waals surface area contributed by atoms with Gasteiger partial charge in [-0.15, -0.1) is 0 Å². The number of hydrogen-bond donors (Lipinski definition) is 1. The van der Waals surface area contributed by atoms with Gasteiger partial charge in [-0.25, -0.2) is 12.7 Å². The zero-order chi connectivity index (χ0) is 23.9. The van der Waals surface area contributed by atoms with Crippen LogP contribution in [0, 0.1) is 0 Å². The van der Waals surface area contributed by atoms with Crippen LogP contribution in [0.3, 0.4) is 0 Å². The second-order valence-corrected chi connectivity index (χ2v) is 10.1. The summed E-state index contributed by atoms with van der Waals surface area (Å²) in [7, 11) is -0.674. The highest BCUT2D eigenvalue weighted by molar-refractivity contribution is 7.89. The van der Waals surface area contributed by atoms with Crippen LogP contribution >= 0.6 is 23.2 Å². The molecule has 0 heterocycles. The first-order valence-corrected chi connectivity index (χ1v) is 12.2. The molecule has 2 aromatic carbocycles. The number of nitrogens with zero attached hydrogens (tertiary/aromatic N) is 2. The lowest BCUT2D eigenvalue weighted by Crippen LogP contribution is -2.46. The van der Waals surface area contributed by atoms with E-state index in [0.717, 1.165) is 0 Å². The number of carbonyl (C=O) groups excluding carboxylic acids is 2. The Morgan fingerprint density at radius 2 is 1.62 bits per heavy atom. The lowest BCUT2D eigenvalue weighted by atomic mass is 10.1. The number of amides is 2. The van der Waals surface area contributed by atoms with E-state index in [0.29, 0.717) is 15.6 Å². The molecule has 0 radical (unpaired) electrons. The molecule has 0 bridgehead atoms. The number of likely N-dealkylation sites (N-methyl/N-ethyl adjacent to an activating group) is 1. The van der Waals surface area contributed by atoms with Crippen LogP contribution in [0.1, 0.15) is 25.3 Å². The molecule has 2 rings (SSSR count). The lowest BCUT2D eigenvalue weighted by Gasteiger charge is -2.29. The number of hydrogen-bond acceptors (Lipinski definition) is 4. The quantitative estimate of drug-likeness (QED) is 0.541. The van der Waals surface area contributed by atoms with Gasteiger partial charge in [-0.2, -0.15) is 0 Å². The molecule has 0 saturated carbocycles. The molecule has 32 heavy (non-hydrogen) atoms. The highest BCUT2D eigenvalue weighted by Gasteiger charge is 2.27. The van der Waals surface area contributed by atoms with Crippen LogP contribution in [0.15, 0.2) is 53.4 Å². The standard InChI is InChI=1S/C22H27Cl2N3O4S/c1-16(22(29)25-2)27(15-18-19(23)11-7-12-20(18)24)21(28)13-8-14-26(3)32(30,31)17-9-5-4-6-10-17/h4-7,9-12,16H,8,13-15H2,1-3H3,(H,25,29). The summed E-state index contributed by atoms with van der Waals surface area (Å²) < 4.78 is 26.5. The number of carbonyl (C=O) groups is 2. The van der Waals surface area contributed by atoms with Crippen LogP contribution in [0.2, 0.25) is 10.0 Å². The van der Waals surface area contributed by atoms with Crippen molar-refractivity contribution in [2.24, 2.45) is 0 Å². The maximum atomic E-state index is 13.0. The molecule has 2 aromatic rings. The van der Waals surface area contributed by atoms with Crippen LogP contribution in [0.5, 0.6) is 0 Å². The third kappa shape index (κ3) is 6.45. The fraction of sp³-hybridized carbons (Fsp3) is 0.364. The minimum absolute atomic E-state index is 0.0536. The van der Waals surface area contributed by atoms with E-state index < -0.39 is 16.1 Å². The first kappa shape index (κ1) is 26.1. The second-order valence-electron chi connectivity index (χ2n) is 7.26. The average Bonchev–Trinajstić information content (AvgIpc) is 2.78. The third-order valence-corrected chi connectivity index (χ3v) is 7.70. The lowest BCUT2D eigenvalue weighted by molar-refractivity contribution is -0.140.